The minimum absolute atomic E-state index is 0.189. The van der Waals surface area contributed by atoms with Gasteiger partial charge in [-0.25, -0.2) is 4.39 Å². The number of pyridine rings is 1. The molecule has 0 radical (unpaired) electrons. The van der Waals surface area contributed by atoms with E-state index in [1.165, 1.54) is 12.3 Å². The van der Waals surface area contributed by atoms with Crippen molar-refractivity contribution in [1.82, 2.24) is 4.98 Å². The smallest absolute Gasteiger partial charge is 0.161 e. The summed E-state index contributed by atoms with van der Waals surface area (Å²) in [5.41, 5.74) is 0.744. The second-order valence-corrected chi connectivity index (χ2v) is 4.56. The number of ether oxygens (including phenoxy) is 2. The zero-order chi connectivity index (χ0) is 13.9. The monoisotopic (exact) mass is 275 g/mol. The van der Waals surface area contributed by atoms with Crippen LogP contribution in [0.15, 0.2) is 36.7 Å². The number of benzene rings is 1. The van der Waals surface area contributed by atoms with Gasteiger partial charge < -0.3 is 14.6 Å². The molecule has 0 spiro atoms. The molecular weight excluding hydrogens is 261 g/mol. The highest BCUT2D eigenvalue weighted by Gasteiger charge is 2.18. The number of aliphatic hydroxyl groups is 1. The van der Waals surface area contributed by atoms with E-state index in [1.54, 1.807) is 18.2 Å². The first-order valence-electron chi connectivity index (χ1n) is 6.43. The van der Waals surface area contributed by atoms with E-state index < -0.39 is 11.9 Å². The summed E-state index contributed by atoms with van der Waals surface area (Å²) in [5, 5.41) is 10.3. The van der Waals surface area contributed by atoms with Crippen molar-refractivity contribution < 1.29 is 19.0 Å². The highest BCUT2D eigenvalue weighted by atomic mass is 19.1. The van der Waals surface area contributed by atoms with Gasteiger partial charge in [0, 0.05) is 18.2 Å². The molecule has 0 aliphatic carbocycles. The normalized spacial score (nSPS) is 15.5. The molecule has 1 N–H and O–H groups in total. The van der Waals surface area contributed by atoms with Gasteiger partial charge in [0.1, 0.15) is 11.9 Å². The lowest BCUT2D eigenvalue weighted by Gasteiger charge is -2.14. The maximum Gasteiger partial charge on any atom is 0.161 e. The number of nitrogens with zero attached hydrogens (tertiary/aromatic N) is 1. The van der Waals surface area contributed by atoms with Crippen molar-refractivity contribution in [2.45, 2.75) is 12.5 Å². The van der Waals surface area contributed by atoms with Gasteiger partial charge in [-0.3, -0.25) is 4.98 Å². The summed E-state index contributed by atoms with van der Waals surface area (Å²) >= 11 is 0. The van der Waals surface area contributed by atoms with Crippen molar-refractivity contribution in [3.63, 3.8) is 0 Å². The van der Waals surface area contributed by atoms with Crippen LogP contribution < -0.4 is 9.47 Å². The number of halogens is 1. The standard InChI is InChI=1S/C15H14FNO3/c16-12-9-17-5-4-11(12)15(18)10-2-3-13-14(8-10)20-7-1-6-19-13/h2-5,8-9,15,18H,1,6-7H2. The minimum Gasteiger partial charge on any atom is -0.490 e. The van der Waals surface area contributed by atoms with Crippen LogP contribution in [0.2, 0.25) is 0 Å². The molecule has 2 aromatic rings. The number of hydrogen-bond donors (Lipinski definition) is 1. The molecule has 2 heterocycles. The van der Waals surface area contributed by atoms with Crippen molar-refractivity contribution in [2.24, 2.45) is 0 Å². The van der Waals surface area contributed by atoms with E-state index in [-0.39, 0.29) is 5.56 Å². The first-order chi connectivity index (χ1) is 9.75. The Bertz CT molecular complexity index is 618. The Balaban J connectivity index is 1.94. The average Bonchev–Trinajstić information content (AvgIpc) is 2.71. The summed E-state index contributed by atoms with van der Waals surface area (Å²) in [6, 6.07) is 6.59. The molecule has 1 aliphatic rings. The van der Waals surface area contributed by atoms with Crippen molar-refractivity contribution in [2.75, 3.05) is 13.2 Å². The third-order valence-electron chi connectivity index (χ3n) is 3.19. The molecule has 1 aromatic heterocycles. The highest BCUT2D eigenvalue weighted by molar-refractivity contribution is 5.45. The average molecular weight is 275 g/mol. The van der Waals surface area contributed by atoms with Crippen molar-refractivity contribution in [3.05, 3.63) is 53.6 Å². The molecule has 0 bridgehead atoms. The second-order valence-electron chi connectivity index (χ2n) is 4.56. The van der Waals surface area contributed by atoms with Crippen molar-refractivity contribution in [3.8, 4) is 11.5 Å². The van der Waals surface area contributed by atoms with Crippen LogP contribution in [0.4, 0.5) is 4.39 Å². The van der Waals surface area contributed by atoms with Gasteiger partial charge in [0.05, 0.1) is 19.4 Å². The van der Waals surface area contributed by atoms with Crippen molar-refractivity contribution in [1.29, 1.82) is 0 Å². The molecule has 1 aliphatic heterocycles. The molecule has 0 amide bonds. The largest absolute Gasteiger partial charge is 0.490 e. The van der Waals surface area contributed by atoms with Gasteiger partial charge in [0.2, 0.25) is 0 Å². The highest BCUT2D eigenvalue weighted by Crippen LogP contribution is 2.34. The van der Waals surface area contributed by atoms with Crippen LogP contribution in [-0.2, 0) is 0 Å². The zero-order valence-electron chi connectivity index (χ0n) is 10.8. The molecule has 3 rings (SSSR count). The Labute approximate surface area is 115 Å². The third-order valence-corrected chi connectivity index (χ3v) is 3.19. The predicted octanol–water partition coefficient (Wildman–Crippen LogP) is 2.46. The van der Waals surface area contributed by atoms with Gasteiger partial charge in [-0.2, -0.15) is 0 Å². The summed E-state index contributed by atoms with van der Waals surface area (Å²) in [6.45, 7) is 1.17. The number of rotatable bonds is 2. The van der Waals surface area contributed by atoms with E-state index in [1.807, 2.05) is 0 Å². The van der Waals surface area contributed by atoms with E-state index in [9.17, 15) is 9.50 Å². The van der Waals surface area contributed by atoms with Crippen LogP contribution in [0.25, 0.3) is 0 Å². The maximum atomic E-state index is 13.7. The molecule has 20 heavy (non-hydrogen) atoms. The van der Waals surface area contributed by atoms with E-state index in [2.05, 4.69) is 4.98 Å². The molecule has 0 saturated carbocycles. The first-order valence-corrected chi connectivity index (χ1v) is 6.43. The summed E-state index contributed by atoms with van der Waals surface area (Å²) in [5.74, 6) is 0.689. The van der Waals surface area contributed by atoms with Gasteiger partial charge in [-0.15, -0.1) is 0 Å². The zero-order valence-corrected chi connectivity index (χ0v) is 10.8. The van der Waals surface area contributed by atoms with Crippen LogP contribution in [0.1, 0.15) is 23.7 Å². The van der Waals surface area contributed by atoms with Gasteiger partial charge in [0.15, 0.2) is 11.5 Å². The maximum absolute atomic E-state index is 13.7. The van der Waals surface area contributed by atoms with Gasteiger partial charge in [-0.1, -0.05) is 6.07 Å². The molecule has 4 nitrogen and oxygen atoms in total. The third kappa shape index (κ3) is 2.44. The SMILES string of the molecule is OC(c1ccc2c(c1)OCCCO2)c1ccncc1F. The molecule has 1 unspecified atom stereocenters. The molecule has 5 heteroatoms. The molecule has 0 saturated heterocycles. The quantitative estimate of drug-likeness (QED) is 0.914. The molecule has 1 atom stereocenters. The van der Waals surface area contributed by atoms with Gasteiger partial charge >= 0.3 is 0 Å². The van der Waals surface area contributed by atoms with E-state index in [0.717, 1.165) is 12.6 Å². The fourth-order valence-electron chi connectivity index (χ4n) is 2.14. The van der Waals surface area contributed by atoms with Crippen LogP contribution in [0.3, 0.4) is 0 Å². The van der Waals surface area contributed by atoms with E-state index in [4.69, 9.17) is 9.47 Å². The van der Waals surface area contributed by atoms with Crippen molar-refractivity contribution >= 4 is 0 Å². The molecule has 104 valence electrons. The molecule has 0 fully saturated rings. The van der Waals surface area contributed by atoms with Crippen LogP contribution in [0.5, 0.6) is 11.5 Å². The Kier molecular flexibility index (Phi) is 3.52. The fourth-order valence-corrected chi connectivity index (χ4v) is 2.14. The topological polar surface area (TPSA) is 51.6 Å². The Morgan fingerprint density at radius 2 is 1.95 bits per heavy atom. The Morgan fingerprint density at radius 1 is 1.15 bits per heavy atom. The molecule has 1 aromatic carbocycles. The summed E-state index contributed by atoms with van der Waals surface area (Å²) in [6.07, 6.45) is 2.29. The number of aliphatic hydroxyl groups excluding tert-OH is 1. The summed E-state index contributed by atoms with van der Waals surface area (Å²) in [7, 11) is 0. The van der Waals surface area contributed by atoms with Crippen LogP contribution >= 0.6 is 0 Å². The Hall–Kier alpha value is -2.14. The van der Waals surface area contributed by atoms with E-state index >= 15 is 0 Å². The van der Waals surface area contributed by atoms with E-state index in [0.29, 0.717) is 30.3 Å². The predicted molar refractivity (Wildman–Crippen MR) is 70.3 cm³/mol. The minimum atomic E-state index is -1.06. The van der Waals surface area contributed by atoms with Crippen LogP contribution in [0, 0.1) is 5.82 Å². The first kappa shape index (κ1) is 12.9. The number of hydrogen-bond acceptors (Lipinski definition) is 4. The Morgan fingerprint density at radius 3 is 2.75 bits per heavy atom. The summed E-state index contributed by atoms with van der Waals surface area (Å²) in [4.78, 5) is 3.67. The lowest BCUT2D eigenvalue weighted by atomic mass is 10.0. The lowest BCUT2D eigenvalue weighted by molar-refractivity contribution is 0.214. The molecular formula is C15H14FNO3. The van der Waals surface area contributed by atoms with Gasteiger partial charge in [0.25, 0.3) is 0 Å². The van der Waals surface area contributed by atoms with Crippen LogP contribution in [-0.4, -0.2) is 23.3 Å². The number of aromatic nitrogens is 1. The lowest BCUT2D eigenvalue weighted by Crippen LogP contribution is -2.03. The number of fused-ring (bicyclic) bond motifs is 1. The second kappa shape index (κ2) is 5.46. The fraction of sp³-hybridized carbons (Fsp3) is 0.267. The van der Waals surface area contributed by atoms with Gasteiger partial charge in [-0.05, 0) is 23.8 Å². The summed E-state index contributed by atoms with van der Waals surface area (Å²) < 4.78 is 24.7.